The van der Waals surface area contributed by atoms with Crippen LogP contribution in [0.3, 0.4) is 0 Å². The molecule has 0 saturated carbocycles. The Morgan fingerprint density at radius 2 is 1.92 bits per heavy atom. The summed E-state index contributed by atoms with van der Waals surface area (Å²) < 4.78 is 32.6. The third kappa shape index (κ3) is 3.69. The van der Waals surface area contributed by atoms with Crippen LogP contribution in [0.1, 0.15) is 26.2 Å². The van der Waals surface area contributed by atoms with E-state index in [2.05, 4.69) is 4.98 Å². The number of aromatic nitrogens is 1. The second kappa shape index (κ2) is 6.76. The third-order valence-corrected chi connectivity index (χ3v) is 6.17. The summed E-state index contributed by atoms with van der Waals surface area (Å²) in [6.45, 7) is 7.18. The Bertz CT molecular complexity index is 880. The highest BCUT2D eigenvalue weighted by Gasteiger charge is 2.30. The average molecular weight is 365 g/mol. The van der Waals surface area contributed by atoms with Crippen LogP contribution in [0, 0.1) is 12.8 Å². The second-order valence-corrected chi connectivity index (χ2v) is 8.68. The number of carbonyl (C=O) groups is 1. The van der Waals surface area contributed by atoms with Crippen LogP contribution in [0.4, 0.5) is 0 Å². The van der Waals surface area contributed by atoms with Gasteiger partial charge in [0.15, 0.2) is 11.5 Å². The highest BCUT2D eigenvalue weighted by atomic mass is 32.2. The number of hydrogen-bond donors (Lipinski definition) is 0. The molecule has 8 heteroatoms. The third-order valence-electron chi connectivity index (χ3n) is 4.28. The average Bonchev–Trinajstić information content (AvgIpc) is 2.93. The zero-order valence-corrected chi connectivity index (χ0v) is 15.5. The first kappa shape index (κ1) is 17.9. The number of nitrogens with zero attached hydrogens (tertiary/aromatic N) is 3. The van der Waals surface area contributed by atoms with E-state index in [-0.39, 0.29) is 10.8 Å². The molecule has 25 heavy (non-hydrogen) atoms. The van der Waals surface area contributed by atoms with Gasteiger partial charge < -0.3 is 9.32 Å². The van der Waals surface area contributed by atoms with Crippen molar-refractivity contribution in [2.75, 3.05) is 26.2 Å². The van der Waals surface area contributed by atoms with E-state index in [4.69, 9.17) is 4.42 Å². The zero-order valence-electron chi connectivity index (χ0n) is 14.7. The number of hydrogen-bond acceptors (Lipinski definition) is 5. The fraction of sp³-hybridized carbons (Fsp3) is 0.529. The Labute approximate surface area is 147 Å². The van der Waals surface area contributed by atoms with Crippen LogP contribution in [0.15, 0.2) is 27.5 Å². The minimum Gasteiger partial charge on any atom is -0.441 e. The van der Waals surface area contributed by atoms with Crippen molar-refractivity contribution >= 4 is 27.0 Å². The van der Waals surface area contributed by atoms with Crippen LogP contribution in [-0.4, -0.2) is 54.7 Å². The van der Waals surface area contributed by atoms with Gasteiger partial charge in [0.1, 0.15) is 5.52 Å². The topological polar surface area (TPSA) is 83.7 Å². The van der Waals surface area contributed by atoms with Gasteiger partial charge in [-0.2, -0.15) is 4.31 Å². The SMILES string of the molecule is Cc1nc2ccc(S(=O)(=O)N3CCN(C(=O)CC(C)C)CC3)cc2o1. The molecule has 7 nitrogen and oxygen atoms in total. The standard InChI is InChI=1S/C17H23N3O4S/c1-12(2)10-17(21)19-6-8-20(9-7-19)25(22,23)14-4-5-15-16(11-14)24-13(3)18-15/h4-5,11-12H,6-10H2,1-3H3. The molecule has 0 spiro atoms. The summed E-state index contributed by atoms with van der Waals surface area (Å²) >= 11 is 0. The summed E-state index contributed by atoms with van der Waals surface area (Å²) in [5.41, 5.74) is 1.10. The Kier molecular flexibility index (Phi) is 4.83. The lowest BCUT2D eigenvalue weighted by molar-refractivity contribution is -0.133. The first-order chi connectivity index (χ1) is 11.8. The van der Waals surface area contributed by atoms with E-state index in [0.29, 0.717) is 55.5 Å². The molecular formula is C17H23N3O4S. The smallest absolute Gasteiger partial charge is 0.243 e. The molecule has 3 rings (SSSR count). The number of carbonyl (C=O) groups excluding carboxylic acids is 1. The van der Waals surface area contributed by atoms with Crippen LogP contribution < -0.4 is 0 Å². The van der Waals surface area contributed by atoms with Crippen molar-refractivity contribution in [3.63, 3.8) is 0 Å². The van der Waals surface area contributed by atoms with E-state index in [0.717, 1.165) is 0 Å². The van der Waals surface area contributed by atoms with Gasteiger partial charge in [-0.1, -0.05) is 13.8 Å². The molecule has 2 heterocycles. The highest BCUT2D eigenvalue weighted by Crippen LogP contribution is 2.23. The Morgan fingerprint density at radius 3 is 2.56 bits per heavy atom. The minimum atomic E-state index is -3.61. The van der Waals surface area contributed by atoms with E-state index in [1.54, 1.807) is 24.0 Å². The monoisotopic (exact) mass is 365 g/mol. The summed E-state index contributed by atoms with van der Waals surface area (Å²) in [7, 11) is -3.61. The molecule has 1 fully saturated rings. The Hall–Kier alpha value is -1.93. The van der Waals surface area contributed by atoms with Crippen molar-refractivity contribution in [1.29, 1.82) is 0 Å². The molecule has 0 atom stereocenters. The highest BCUT2D eigenvalue weighted by molar-refractivity contribution is 7.89. The van der Waals surface area contributed by atoms with E-state index in [1.165, 1.54) is 10.4 Å². The maximum atomic E-state index is 12.9. The van der Waals surface area contributed by atoms with Crippen molar-refractivity contribution in [2.24, 2.45) is 5.92 Å². The lowest BCUT2D eigenvalue weighted by Gasteiger charge is -2.34. The second-order valence-electron chi connectivity index (χ2n) is 6.75. The molecule has 0 aliphatic carbocycles. The summed E-state index contributed by atoms with van der Waals surface area (Å²) in [6, 6.07) is 4.72. The first-order valence-corrected chi connectivity index (χ1v) is 9.86. The molecule has 1 saturated heterocycles. The summed E-state index contributed by atoms with van der Waals surface area (Å²) in [5.74, 6) is 0.888. The minimum absolute atomic E-state index is 0.0885. The molecule has 1 aliphatic rings. The number of rotatable bonds is 4. The van der Waals surface area contributed by atoms with Crippen molar-refractivity contribution in [3.8, 4) is 0 Å². The van der Waals surface area contributed by atoms with Crippen LogP contribution in [0.25, 0.3) is 11.1 Å². The number of aryl methyl sites for hydroxylation is 1. The number of oxazole rings is 1. The number of piperazine rings is 1. The van der Waals surface area contributed by atoms with Crippen LogP contribution in [0.2, 0.25) is 0 Å². The number of amides is 1. The van der Waals surface area contributed by atoms with Crippen LogP contribution in [0.5, 0.6) is 0 Å². The maximum absolute atomic E-state index is 12.9. The number of fused-ring (bicyclic) bond motifs is 1. The molecular weight excluding hydrogens is 342 g/mol. The van der Waals surface area contributed by atoms with E-state index < -0.39 is 10.0 Å². The predicted octanol–water partition coefficient (Wildman–Crippen LogP) is 2.02. The van der Waals surface area contributed by atoms with Gasteiger partial charge in [0.05, 0.1) is 4.90 Å². The van der Waals surface area contributed by atoms with Crippen molar-refractivity contribution in [2.45, 2.75) is 32.1 Å². The molecule has 1 aromatic carbocycles. The number of benzene rings is 1. The molecule has 1 aliphatic heterocycles. The van der Waals surface area contributed by atoms with E-state index >= 15 is 0 Å². The van der Waals surface area contributed by atoms with Gasteiger partial charge in [-0.05, 0) is 18.1 Å². The van der Waals surface area contributed by atoms with Crippen molar-refractivity contribution in [1.82, 2.24) is 14.2 Å². The van der Waals surface area contributed by atoms with Gasteiger partial charge in [-0.3, -0.25) is 4.79 Å². The lowest BCUT2D eigenvalue weighted by Crippen LogP contribution is -2.50. The van der Waals surface area contributed by atoms with E-state index in [9.17, 15) is 13.2 Å². The molecule has 0 N–H and O–H groups in total. The van der Waals surface area contributed by atoms with Gasteiger partial charge in [0.25, 0.3) is 0 Å². The molecule has 0 bridgehead atoms. The first-order valence-electron chi connectivity index (χ1n) is 8.42. The Balaban J connectivity index is 1.73. The zero-order chi connectivity index (χ0) is 18.2. The summed E-state index contributed by atoms with van der Waals surface area (Å²) in [4.78, 5) is 18.2. The van der Waals surface area contributed by atoms with Crippen LogP contribution in [-0.2, 0) is 14.8 Å². The van der Waals surface area contributed by atoms with Gasteiger partial charge in [-0.25, -0.2) is 13.4 Å². The predicted molar refractivity (Wildman–Crippen MR) is 93.5 cm³/mol. The van der Waals surface area contributed by atoms with Crippen LogP contribution >= 0.6 is 0 Å². The van der Waals surface area contributed by atoms with Gasteiger partial charge in [0.2, 0.25) is 15.9 Å². The molecule has 136 valence electrons. The molecule has 0 unspecified atom stereocenters. The fourth-order valence-electron chi connectivity index (χ4n) is 2.99. The lowest BCUT2D eigenvalue weighted by atomic mass is 10.1. The molecule has 2 aromatic rings. The largest absolute Gasteiger partial charge is 0.441 e. The molecule has 0 radical (unpaired) electrons. The van der Waals surface area contributed by atoms with Crippen molar-refractivity contribution < 1.29 is 17.6 Å². The fourth-order valence-corrected chi connectivity index (χ4v) is 4.42. The maximum Gasteiger partial charge on any atom is 0.243 e. The van der Waals surface area contributed by atoms with Gasteiger partial charge in [-0.15, -0.1) is 0 Å². The quantitative estimate of drug-likeness (QED) is 0.828. The normalized spacial score (nSPS) is 16.7. The van der Waals surface area contributed by atoms with Gasteiger partial charge in [0, 0.05) is 45.6 Å². The molecule has 1 aromatic heterocycles. The van der Waals surface area contributed by atoms with Gasteiger partial charge >= 0.3 is 0 Å². The number of sulfonamides is 1. The molecule has 1 amide bonds. The Morgan fingerprint density at radius 1 is 1.24 bits per heavy atom. The summed E-state index contributed by atoms with van der Waals surface area (Å²) in [5, 5.41) is 0. The van der Waals surface area contributed by atoms with Crippen molar-refractivity contribution in [3.05, 3.63) is 24.1 Å². The van der Waals surface area contributed by atoms with E-state index in [1.807, 2.05) is 13.8 Å². The summed E-state index contributed by atoms with van der Waals surface area (Å²) in [6.07, 6.45) is 0.494.